The minimum Gasteiger partial charge on any atom is -0.363 e. The Kier molecular flexibility index (Phi) is 7.69. The monoisotopic (exact) mass is 436 g/mol. The van der Waals surface area contributed by atoms with E-state index in [-0.39, 0.29) is 32.0 Å². The fraction of sp³-hybridized carbons (Fsp3) is 0.647. The van der Waals surface area contributed by atoms with Gasteiger partial charge in [-0.2, -0.15) is 17.5 Å². The minimum absolute atomic E-state index is 0.173. The van der Waals surface area contributed by atoms with Crippen molar-refractivity contribution in [1.29, 1.82) is 0 Å². The highest BCUT2D eigenvalue weighted by Gasteiger charge is 2.50. The largest absolute Gasteiger partial charge is 0.511 e. The standard InChI is InChI=1S/C17H27F3N6O2S/c1-4-21-16(22-12-14-6-5-7-15(23-14)25(2)3)24-13-8-10-26(11-9-13)29(27,28)17(18,19)20/h5-7,13H,4,8-12H2,1-3H3,(H2,21,22,24). The molecule has 29 heavy (non-hydrogen) atoms. The van der Waals surface area contributed by atoms with Crippen LogP contribution in [0.1, 0.15) is 25.5 Å². The second-order valence-electron chi connectivity index (χ2n) is 6.85. The van der Waals surface area contributed by atoms with Crippen molar-refractivity contribution < 1.29 is 21.6 Å². The van der Waals surface area contributed by atoms with Crippen LogP contribution >= 0.6 is 0 Å². The Balaban J connectivity index is 1.98. The summed E-state index contributed by atoms with van der Waals surface area (Å²) in [6.07, 6.45) is 0.516. The van der Waals surface area contributed by atoms with Crippen molar-refractivity contribution in [2.24, 2.45) is 4.99 Å². The first kappa shape index (κ1) is 23.2. The van der Waals surface area contributed by atoms with Gasteiger partial charge in [-0.05, 0) is 31.9 Å². The van der Waals surface area contributed by atoms with Crippen LogP contribution in [0.4, 0.5) is 19.0 Å². The molecular formula is C17H27F3N6O2S. The highest BCUT2D eigenvalue weighted by molar-refractivity contribution is 7.90. The van der Waals surface area contributed by atoms with E-state index >= 15 is 0 Å². The number of anilines is 1. The quantitative estimate of drug-likeness (QED) is 0.519. The fourth-order valence-corrected chi connectivity index (χ4v) is 3.85. The van der Waals surface area contributed by atoms with Crippen molar-refractivity contribution in [3.05, 3.63) is 23.9 Å². The van der Waals surface area contributed by atoms with Crippen molar-refractivity contribution in [2.45, 2.75) is 37.9 Å². The van der Waals surface area contributed by atoms with E-state index in [9.17, 15) is 21.6 Å². The third-order valence-electron chi connectivity index (χ3n) is 4.42. The summed E-state index contributed by atoms with van der Waals surface area (Å²) in [5.74, 6) is 1.33. The molecule has 164 valence electrons. The Hall–Kier alpha value is -2.08. The molecule has 1 aromatic heterocycles. The van der Waals surface area contributed by atoms with Gasteiger partial charge in [-0.15, -0.1) is 0 Å². The van der Waals surface area contributed by atoms with Crippen molar-refractivity contribution in [2.75, 3.05) is 38.6 Å². The molecule has 0 unspecified atom stereocenters. The number of aromatic nitrogens is 1. The zero-order chi connectivity index (χ0) is 21.7. The third-order valence-corrected chi connectivity index (χ3v) is 6.05. The number of hydrogen-bond acceptors (Lipinski definition) is 5. The lowest BCUT2D eigenvalue weighted by Gasteiger charge is -2.32. The molecule has 0 spiro atoms. The van der Waals surface area contributed by atoms with Gasteiger partial charge in [0, 0.05) is 39.8 Å². The zero-order valence-corrected chi connectivity index (χ0v) is 17.5. The lowest BCUT2D eigenvalue weighted by atomic mass is 10.1. The third kappa shape index (κ3) is 6.20. The van der Waals surface area contributed by atoms with E-state index in [1.165, 1.54) is 0 Å². The van der Waals surface area contributed by atoms with Crippen LogP contribution < -0.4 is 15.5 Å². The van der Waals surface area contributed by atoms with Crippen LogP contribution in [0.2, 0.25) is 0 Å². The molecule has 0 saturated carbocycles. The normalized spacial score (nSPS) is 17.2. The molecule has 0 aromatic carbocycles. The topological polar surface area (TPSA) is 89.9 Å². The Morgan fingerprint density at radius 2 is 1.97 bits per heavy atom. The minimum atomic E-state index is -5.27. The number of guanidine groups is 1. The molecular weight excluding hydrogens is 409 g/mol. The number of nitrogens with zero attached hydrogens (tertiary/aromatic N) is 4. The smallest absolute Gasteiger partial charge is 0.363 e. The number of aliphatic imine (C=N–C) groups is 1. The van der Waals surface area contributed by atoms with Gasteiger partial charge in [0.05, 0.1) is 12.2 Å². The second kappa shape index (κ2) is 9.61. The molecule has 0 radical (unpaired) electrons. The summed E-state index contributed by atoms with van der Waals surface area (Å²) in [7, 11) is -1.48. The van der Waals surface area contributed by atoms with E-state index in [4.69, 9.17) is 0 Å². The predicted molar refractivity (Wildman–Crippen MR) is 106 cm³/mol. The van der Waals surface area contributed by atoms with Gasteiger partial charge in [-0.25, -0.2) is 18.4 Å². The summed E-state index contributed by atoms with van der Waals surface area (Å²) >= 11 is 0. The Bertz CT molecular complexity index is 806. The summed E-state index contributed by atoms with van der Waals surface area (Å²) < 4.78 is 61.6. The van der Waals surface area contributed by atoms with Gasteiger partial charge >= 0.3 is 15.5 Å². The number of halogens is 3. The van der Waals surface area contributed by atoms with Crippen LogP contribution in [-0.2, 0) is 16.6 Å². The number of hydrogen-bond donors (Lipinski definition) is 2. The number of piperidine rings is 1. The summed E-state index contributed by atoms with van der Waals surface area (Å²) in [6, 6.07) is 5.47. The first-order valence-electron chi connectivity index (χ1n) is 9.29. The molecule has 0 atom stereocenters. The SMILES string of the molecule is CCNC(=NCc1cccc(N(C)C)n1)NC1CCN(S(=O)(=O)C(F)(F)F)CC1. The maximum Gasteiger partial charge on any atom is 0.511 e. The first-order valence-corrected chi connectivity index (χ1v) is 10.7. The zero-order valence-electron chi connectivity index (χ0n) is 16.7. The molecule has 2 heterocycles. The summed E-state index contributed by atoms with van der Waals surface area (Å²) in [4.78, 5) is 10.9. The molecule has 8 nitrogen and oxygen atoms in total. The van der Waals surface area contributed by atoms with Crippen molar-refractivity contribution in [3.8, 4) is 0 Å². The van der Waals surface area contributed by atoms with Gasteiger partial charge in [0.15, 0.2) is 5.96 Å². The Labute approximate surface area is 169 Å². The Morgan fingerprint density at radius 1 is 1.31 bits per heavy atom. The van der Waals surface area contributed by atoms with Crippen LogP contribution in [0.15, 0.2) is 23.2 Å². The fourth-order valence-electron chi connectivity index (χ4n) is 2.86. The van der Waals surface area contributed by atoms with E-state index in [1.807, 2.05) is 44.1 Å². The highest BCUT2D eigenvalue weighted by Crippen LogP contribution is 2.28. The number of pyridine rings is 1. The van der Waals surface area contributed by atoms with Crippen molar-refractivity contribution >= 4 is 21.8 Å². The van der Waals surface area contributed by atoms with E-state index < -0.39 is 15.5 Å². The van der Waals surface area contributed by atoms with Crippen LogP contribution in [0.25, 0.3) is 0 Å². The first-order chi connectivity index (χ1) is 13.5. The molecule has 2 rings (SSSR count). The number of sulfonamides is 1. The summed E-state index contributed by atoms with van der Waals surface area (Å²) in [6.45, 7) is 2.47. The van der Waals surface area contributed by atoms with Crippen LogP contribution in [0.3, 0.4) is 0 Å². The lowest BCUT2D eigenvalue weighted by molar-refractivity contribution is -0.0494. The molecule has 12 heteroatoms. The highest BCUT2D eigenvalue weighted by atomic mass is 32.2. The maximum absolute atomic E-state index is 12.7. The van der Waals surface area contributed by atoms with Gasteiger partial charge in [-0.1, -0.05) is 6.07 Å². The maximum atomic E-state index is 12.7. The predicted octanol–water partition coefficient (Wildman–Crippen LogP) is 1.52. The molecule has 0 amide bonds. The average Bonchev–Trinajstić information content (AvgIpc) is 2.66. The van der Waals surface area contributed by atoms with E-state index in [0.717, 1.165) is 11.5 Å². The molecule has 1 saturated heterocycles. The lowest BCUT2D eigenvalue weighted by Crippen LogP contribution is -2.51. The molecule has 1 aliphatic rings. The van der Waals surface area contributed by atoms with Crippen LogP contribution in [0, 0.1) is 0 Å². The Morgan fingerprint density at radius 3 is 2.52 bits per heavy atom. The van der Waals surface area contributed by atoms with E-state index in [0.29, 0.717) is 23.4 Å². The summed E-state index contributed by atoms with van der Waals surface area (Å²) in [5, 5.41) is 6.27. The van der Waals surface area contributed by atoms with Gasteiger partial charge in [-0.3, -0.25) is 0 Å². The number of nitrogens with one attached hydrogen (secondary N) is 2. The van der Waals surface area contributed by atoms with E-state index in [2.05, 4.69) is 20.6 Å². The van der Waals surface area contributed by atoms with Gasteiger partial charge in [0.2, 0.25) is 0 Å². The molecule has 1 aliphatic heterocycles. The molecule has 2 N–H and O–H groups in total. The molecule has 1 aromatic rings. The van der Waals surface area contributed by atoms with Gasteiger partial charge in [0.1, 0.15) is 5.82 Å². The van der Waals surface area contributed by atoms with E-state index in [1.54, 1.807) is 0 Å². The van der Waals surface area contributed by atoms with Crippen molar-refractivity contribution in [3.63, 3.8) is 0 Å². The molecule has 1 fully saturated rings. The molecule has 0 aliphatic carbocycles. The van der Waals surface area contributed by atoms with Crippen LogP contribution in [0.5, 0.6) is 0 Å². The second-order valence-corrected chi connectivity index (χ2v) is 8.77. The summed E-state index contributed by atoms with van der Waals surface area (Å²) in [5.41, 5.74) is -4.49. The van der Waals surface area contributed by atoms with Crippen LogP contribution in [-0.4, -0.2) is 68.9 Å². The number of alkyl halides is 3. The molecule has 0 bridgehead atoms. The van der Waals surface area contributed by atoms with Gasteiger partial charge < -0.3 is 15.5 Å². The van der Waals surface area contributed by atoms with Crippen molar-refractivity contribution in [1.82, 2.24) is 19.9 Å². The number of rotatable bonds is 6. The average molecular weight is 437 g/mol. The van der Waals surface area contributed by atoms with Gasteiger partial charge in [0.25, 0.3) is 0 Å².